The lowest BCUT2D eigenvalue weighted by Crippen LogP contribution is -2.42. The third kappa shape index (κ3) is 4.47. The number of hydrogen-bond acceptors (Lipinski definition) is 4. The molecule has 0 saturated carbocycles. The fraction of sp³-hybridized carbons (Fsp3) is 0.625. The first-order chi connectivity index (χ1) is 9.69. The minimum Gasteiger partial charge on any atom is -0.491 e. The zero-order valence-corrected chi connectivity index (χ0v) is 12.4. The Bertz CT molecular complexity index is 402. The maximum atomic E-state index is 10.1. The number of aryl methyl sites for hydroxylation is 1. The molecular weight excluding hydrogens is 254 g/mol. The lowest BCUT2D eigenvalue weighted by Gasteiger charge is -2.32. The third-order valence-corrected chi connectivity index (χ3v) is 3.86. The van der Waals surface area contributed by atoms with Crippen LogP contribution in [0.25, 0.3) is 0 Å². The first-order valence-corrected chi connectivity index (χ1v) is 7.30. The van der Waals surface area contributed by atoms with E-state index < -0.39 is 6.10 Å². The summed E-state index contributed by atoms with van der Waals surface area (Å²) in [5, 5.41) is 10.1. The number of ether oxygens (including phenoxy) is 2. The first kappa shape index (κ1) is 15.3. The maximum Gasteiger partial charge on any atom is 0.122 e. The molecule has 0 bridgehead atoms. The quantitative estimate of drug-likeness (QED) is 0.863. The van der Waals surface area contributed by atoms with E-state index in [1.807, 2.05) is 31.2 Å². The number of para-hydroxylation sites is 1. The first-order valence-electron chi connectivity index (χ1n) is 7.30. The number of rotatable bonds is 6. The number of aliphatic hydroxyl groups excluding tert-OH is 1. The van der Waals surface area contributed by atoms with Crippen molar-refractivity contribution in [3.8, 4) is 5.75 Å². The van der Waals surface area contributed by atoms with Crippen LogP contribution < -0.4 is 4.74 Å². The fourth-order valence-corrected chi connectivity index (χ4v) is 2.58. The molecule has 1 aliphatic rings. The molecule has 4 nitrogen and oxygen atoms in total. The van der Waals surface area contributed by atoms with Gasteiger partial charge in [-0.05, 0) is 31.4 Å². The summed E-state index contributed by atoms with van der Waals surface area (Å²) in [6.45, 7) is 4.99. The van der Waals surface area contributed by atoms with Crippen molar-refractivity contribution in [1.29, 1.82) is 0 Å². The van der Waals surface area contributed by atoms with Gasteiger partial charge in [0.15, 0.2) is 0 Å². The third-order valence-electron chi connectivity index (χ3n) is 3.86. The summed E-state index contributed by atoms with van der Waals surface area (Å²) in [7, 11) is 1.77. The minimum absolute atomic E-state index is 0.342. The fourth-order valence-electron chi connectivity index (χ4n) is 2.58. The summed E-state index contributed by atoms with van der Waals surface area (Å²) >= 11 is 0. The number of piperidine rings is 1. The van der Waals surface area contributed by atoms with E-state index in [-0.39, 0.29) is 0 Å². The maximum absolute atomic E-state index is 10.1. The molecule has 2 rings (SSSR count). The molecule has 1 aromatic carbocycles. The van der Waals surface area contributed by atoms with Crippen molar-refractivity contribution in [2.24, 2.45) is 0 Å². The van der Waals surface area contributed by atoms with Crippen LogP contribution in [0.3, 0.4) is 0 Å². The Morgan fingerprint density at radius 1 is 1.30 bits per heavy atom. The highest BCUT2D eigenvalue weighted by Gasteiger charge is 2.20. The number of hydrogen-bond donors (Lipinski definition) is 1. The van der Waals surface area contributed by atoms with Crippen molar-refractivity contribution in [2.75, 3.05) is 33.4 Å². The second-order valence-corrected chi connectivity index (χ2v) is 5.47. The van der Waals surface area contributed by atoms with Gasteiger partial charge >= 0.3 is 0 Å². The van der Waals surface area contributed by atoms with E-state index in [1.165, 1.54) is 0 Å². The highest BCUT2D eigenvalue weighted by molar-refractivity contribution is 5.31. The van der Waals surface area contributed by atoms with Crippen LogP contribution in [-0.4, -0.2) is 55.6 Å². The largest absolute Gasteiger partial charge is 0.491 e. The van der Waals surface area contributed by atoms with Crippen molar-refractivity contribution in [1.82, 2.24) is 4.90 Å². The van der Waals surface area contributed by atoms with Crippen LogP contribution in [0.1, 0.15) is 18.4 Å². The Hall–Kier alpha value is -1.10. The van der Waals surface area contributed by atoms with E-state index in [9.17, 15) is 5.11 Å². The zero-order valence-electron chi connectivity index (χ0n) is 12.4. The molecule has 1 fully saturated rings. The van der Waals surface area contributed by atoms with E-state index in [1.54, 1.807) is 7.11 Å². The van der Waals surface area contributed by atoms with Crippen LogP contribution >= 0.6 is 0 Å². The molecule has 20 heavy (non-hydrogen) atoms. The molecule has 1 atom stereocenters. The summed E-state index contributed by atoms with van der Waals surface area (Å²) in [4.78, 5) is 2.28. The van der Waals surface area contributed by atoms with Crippen molar-refractivity contribution in [2.45, 2.75) is 32.0 Å². The second kappa shape index (κ2) is 7.62. The van der Waals surface area contributed by atoms with Gasteiger partial charge in [-0.3, -0.25) is 0 Å². The molecule has 0 amide bonds. The predicted molar refractivity (Wildman–Crippen MR) is 79.2 cm³/mol. The van der Waals surface area contributed by atoms with Crippen molar-refractivity contribution < 1.29 is 14.6 Å². The number of β-amino-alcohol motifs (C(OH)–C–C–N with tert-alkyl or cyclic N) is 1. The Kier molecular flexibility index (Phi) is 5.83. The number of benzene rings is 1. The van der Waals surface area contributed by atoms with Gasteiger partial charge in [-0.15, -0.1) is 0 Å². The standard InChI is InChI=1S/C16H25NO3/c1-13-5-3-4-6-16(13)20-12-14(18)11-17-9-7-15(19-2)8-10-17/h3-6,14-15,18H,7-12H2,1-2H3. The molecule has 1 N–H and O–H groups in total. The molecule has 1 aromatic rings. The molecule has 1 saturated heterocycles. The minimum atomic E-state index is -0.450. The second-order valence-electron chi connectivity index (χ2n) is 5.47. The molecule has 0 aliphatic carbocycles. The van der Waals surface area contributed by atoms with Gasteiger partial charge in [-0.25, -0.2) is 0 Å². The number of nitrogens with zero attached hydrogens (tertiary/aromatic N) is 1. The summed E-state index contributed by atoms with van der Waals surface area (Å²) < 4.78 is 11.0. The monoisotopic (exact) mass is 279 g/mol. The normalized spacial score (nSPS) is 18.9. The number of aliphatic hydroxyl groups is 1. The van der Waals surface area contributed by atoms with E-state index in [2.05, 4.69) is 4.90 Å². The van der Waals surface area contributed by atoms with Crippen molar-refractivity contribution in [3.63, 3.8) is 0 Å². The SMILES string of the molecule is COC1CCN(CC(O)COc2ccccc2C)CC1. The average molecular weight is 279 g/mol. The molecular formula is C16H25NO3. The Labute approximate surface area is 121 Å². The lowest BCUT2D eigenvalue weighted by molar-refractivity contribution is 0.0152. The molecule has 4 heteroatoms. The van der Waals surface area contributed by atoms with Gasteiger partial charge in [0.05, 0.1) is 6.10 Å². The van der Waals surface area contributed by atoms with Crippen molar-refractivity contribution in [3.05, 3.63) is 29.8 Å². The molecule has 1 aliphatic heterocycles. The summed E-state index contributed by atoms with van der Waals surface area (Å²) in [5.74, 6) is 0.852. The highest BCUT2D eigenvalue weighted by Crippen LogP contribution is 2.17. The Morgan fingerprint density at radius 3 is 2.65 bits per heavy atom. The summed E-state index contributed by atoms with van der Waals surface area (Å²) in [6.07, 6.45) is 2.02. The van der Waals surface area contributed by atoms with E-state index in [0.717, 1.165) is 37.2 Å². The smallest absolute Gasteiger partial charge is 0.122 e. The predicted octanol–water partition coefficient (Wildman–Crippen LogP) is 1.85. The van der Waals surface area contributed by atoms with Crippen molar-refractivity contribution >= 4 is 0 Å². The van der Waals surface area contributed by atoms with Crippen LogP contribution in [0.15, 0.2) is 24.3 Å². The molecule has 1 heterocycles. The Balaban J connectivity index is 1.71. The molecule has 0 spiro atoms. The Morgan fingerprint density at radius 2 is 2.00 bits per heavy atom. The van der Waals surface area contributed by atoms with Gasteiger partial charge in [0, 0.05) is 26.7 Å². The topological polar surface area (TPSA) is 41.9 Å². The van der Waals surface area contributed by atoms with Crippen LogP contribution in [0.4, 0.5) is 0 Å². The van der Waals surface area contributed by atoms with Crippen LogP contribution in [0.2, 0.25) is 0 Å². The molecule has 0 aromatic heterocycles. The van der Waals surface area contributed by atoms with E-state index in [4.69, 9.17) is 9.47 Å². The molecule has 0 radical (unpaired) electrons. The summed E-state index contributed by atoms with van der Waals surface area (Å²) in [5.41, 5.74) is 1.10. The highest BCUT2D eigenvalue weighted by atomic mass is 16.5. The van der Waals surface area contributed by atoms with E-state index >= 15 is 0 Å². The average Bonchev–Trinajstić information content (AvgIpc) is 2.47. The lowest BCUT2D eigenvalue weighted by atomic mass is 10.1. The zero-order chi connectivity index (χ0) is 14.4. The number of methoxy groups -OCH3 is 1. The van der Waals surface area contributed by atoms with Crippen LogP contribution in [0, 0.1) is 6.92 Å². The number of likely N-dealkylation sites (tertiary alicyclic amines) is 1. The van der Waals surface area contributed by atoms with Gasteiger partial charge in [-0.2, -0.15) is 0 Å². The van der Waals surface area contributed by atoms with Gasteiger partial charge in [0.25, 0.3) is 0 Å². The summed E-state index contributed by atoms with van der Waals surface area (Å²) in [6, 6.07) is 7.88. The van der Waals surface area contributed by atoms with E-state index in [0.29, 0.717) is 19.3 Å². The van der Waals surface area contributed by atoms with Crippen LogP contribution in [0.5, 0.6) is 5.75 Å². The van der Waals surface area contributed by atoms with Gasteiger partial charge < -0.3 is 19.5 Å². The van der Waals surface area contributed by atoms with Gasteiger partial charge in [0.1, 0.15) is 18.5 Å². The van der Waals surface area contributed by atoms with Crippen LogP contribution in [-0.2, 0) is 4.74 Å². The van der Waals surface area contributed by atoms with Gasteiger partial charge in [-0.1, -0.05) is 18.2 Å². The molecule has 112 valence electrons. The molecule has 1 unspecified atom stereocenters. The van der Waals surface area contributed by atoms with Gasteiger partial charge in [0.2, 0.25) is 0 Å².